The summed E-state index contributed by atoms with van der Waals surface area (Å²) in [5.41, 5.74) is -4.28. The zero-order chi connectivity index (χ0) is 19.1. The SMILES string of the molecule is COC(CC1(C(F)(F)F)c2cc(F)ccc2Nc2c1cc[nH]c2=O)OC. The Morgan fingerprint density at radius 1 is 1.15 bits per heavy atom. The lowest BCUT2D eigenvalue weighted by molar-refractivity contribution is -0.206. The number of H-pyrrole nitrogens is 1. The van der Waals surface area contributed by atoms with Gasteiger partial charge < -0.3 is 19.8 Å². The van der Waals surface area contributed by atoms with Crippen LogP contribution in [0.3, 0.4) is 0 Å². The van der Waals surface area contributed by atoms with E-state index in [1.54, 1.807) is 0 Å². The predicted molar refractivity (Wildman–Crippen MR) is 86.0 cm³/mol. The number of fused-ring (bicyclic) bond motifs is 2. The third-order valence-electron chi connectivity index (χ3n) is 4.60. The molecule has 26 heavy (non-hydrogen) atoms. The van der Waals surface area contributed by atoms with Gasteiger partial charge in [0, 0.05) is 38.1 Å². The van der Waals surface area contributed by atoms with E-state index in [4.69, 9.17) is 9.47 Å². The number of ether oxygens (including phenoxy) is 2. The van der Waals surface area contributed by atoms with Crippen molar-refractivity contribution in [3.05, 3.63) is 57.8 Å². The van der Waals surface area contributed by atoms with E-state index in [2.05, 4.69) is 10.3 Å². The van der Waals surface area contributed by atoms with E-state index in [0.29, 0.717) is 0 Å². The summed E-state index contributed by atoms with van der Waals surface area (Å²) in [4.78, 5) is 14.5. The Bertz CT molecular complexity index is 877. The number of pyridine rings is 1. The molecule has 0 bridgehead atoms. The predicted octanol–water partition coefficient (Wildman–Crippen LogP) is 3.43. The van der Waals surface area contributed by atoms with Crippen LogP contribution in [0.4, 0.5) is 28.9 Å². The standard InChI is InChI=1S/C17H16F4N2O3/c1-25-13(26-2)8-16(17(19,20)21)10-5-6-22-15(24)14(10)23-12-4-3-9(18)7-11(12)16/h3-7,13,23H,8H2,1-2H3,(H,22,24). The molecule has 9 heteroatoms. The number of hydrogen-bond acceptors (Lipinski definition) is 4. The molecule has 0 radical (unpaired) electrons. The second kappa shape index (κ2) is 6.40. The first-order valence-electron chi connectivity index (χ1n) is 7.66. The molecule has 3 rings (SSSR count). The van der Waals surface area contributed by atoms with Gasteiger partial charge in [-0.05, 0) is 29.8 Å². The molecule has 5 nitrogen and oxygen atoms in total. The third-order valence-corrected chi connectivity index (χ3v) is 4.60. The van der Waals surface area contributed by atoms with E-state index < -0.39 is 35.7 Å². The van der Waals surface area contributed by atoms with Crippen LogP contribution in [-0.2, 0) is 14.9 Å². The van der Waals surface area contributed by atoms with Crippen LogP contribution in [0.1, 0.15) is 17.5 Å². The lowest BCUT2D eigenvalue weighted by Gasteiger charge is -2.43. The summed E-state index contributed by atoms with van der Waals surface area (Å²) in [6.45, 7) is 0. The molecule has 1 aromatic carbocycles. The van der Waals surface area contributed by atoms with Gasteiger partial charge in [-0.2, -0.15) is 13.2 Å². The molecular formula is C17H16F4N2O3. The maximum Gasteiger partial charge on any atom is 0.402 e. The normalized spacial score (nSPS) is 19.0. The van der Waals surface area contributed by atoms with Crippen molar-refractivity contribution in [3.8, 4) is 0 Å². The lowest BCUT2D eigenvalue weighted by atomic mass is 9.68. The maximum absolute atomic E-state index is 14.5. The molecule has 0 fully saturated rings. The topological polar surface area (TPSA) is 63.3 Å². The summed E-state index contributed by atoms with van der Waals surface area (Å²) < 4.78 is 67.3. The van der Waals surface area contributed by atoms with Crippen molar-refractivity contribution in [3.63, 3.8) is 0 Å². The van der Waals surface area contributed by atoms with Crippen molar-refractivity contribution >= 4 is 11.4 Å². The van der Waals surface area contributed by atoms with Crippen molar-refractivity contribution in [2.45, 2.75) is 24.3 Å². The molecule has 0 saturated carbocycles. The average molecular weight is 372 g/mol. The van der Waals surface area contributed by atoms with Gasteiger partial charge in [-0.1, -0.05) is 0 Å². The molecule has 2 heterocycles. The van der Waals surface area contributed by atoms with Gasteiger partial charge in [0.25, 0.3) is 5.56 Å². The summed E-state index contributed by atoms with van der Waals surface area (Å²) in [5.74, 6) is -0.821. The van der Waals surface area contributed by atoms with Crippen LogP contribution >= 0.6 is 0 Å². The number of benzene rings is 1. The minimum absolute atomic E-state index is 0.00104. The minimum atomic E-state index is -4.85. The van der Waals surface area contributed by atoms with E-state index in [1.165, 1.54) is 20.3 Å². The van der Waals surface area contributed by atoms with Gasteiger partial charge in [-0.25, -0.2) is 4.39 Å². The number of methoxy groups -OCH3 is 2. The van der Waals surface area contributed by atoms with Crippen LogP contribution < -0.4 is 10.9 Å². The highest BCUT2D eigenvalue weighted by Crippen LogP contribution is 2.56. The molecule has 1 aliphatic heterocycles. The molecule has 1 atom stereocenters. The Morgan fingerprint density at radius 2 is 1.85 bits per heavy atom. The van der Waals surface area contributed by atoms with E-state index in [0.717, 1.165) is 24.4 Å². The van der Waals surface area contributed by atoms with Gasteiger partial charge in [-0.3, -0.25) is 4.79 Å². The first kappa shape index (κ1) is 18.4. The molecular weight excluding hydrogens is 356 g/mol. The highest BCUT2D eigenvalue weighted by Gasteiger charge is 2.61. The summed E-state index contributed by atoms with van der Waals surface area (Å²) in [5, 5.41) is 2.68. The van der Waals surface area contributed by atoms with E-state index in [9.17, 15) is 22.4 Å². The van der Waals surface area contributed by atoms with Gasteiger partial charge in [0.15, 0.2) is 6.29 Å². The smallest absolute Gasteiger partial charge is 0.356 e. The van der Waals surface area contributed by atoms with E-state index in [-0.39, 0.29) is 22.5 Å². The fourth-order valence-electron chi connectivity index (χ4n) is 3.37. The monoisotopic (exact) mass is 372 g/mol. The van der Waals surface area contributed by atoms with Crippen LogP contribution in [0.15, 0.2) is 35.3 Å². The molecule has 2 N–H and O–H groups in total. The highest BCUT2D eigenvalue weighted by atomic mass is 19.4. The van der Waals surface area contributed by atoms with Crippen LogP contribution in [0.5, 0.6) is 0 Å². The van der Waals surface area contributed by atoms with E-state index in [1.807, 2.05) is 0 Å². The number of nitrogens with one attached hydrogen (secondary N) is 2. The van der Waals surface area contributed by atoms with Gasteiger partial charge in [0.05, 0.1) is 0 Å². The second-order valence-corrected chi connectivity index (χ2v) is 5.92. The van der Waals surface area contributed by atoms with Crippen LogP contribution in [0.2, 0.25) is 0 Å². The number of hydrogen-bond donors (Lipinski definition) is 2. The first-order chi connectivity index (χ1) is 12.2. The number of alkyl halides is 3. The average Bonchev–Trinajstić information content (AvgIpc) is 2.59. The number of halogens is 4. The van der Waals surface area contributed by atoms with Crippen molar-refractivity contribution in [2.24, 2.45) is 0 Å². The first-order valence-corrected chi connectivity index (χ1v) is 7.66. The molecule has 1 aliphatic rings. The van der Waals surface area contributed by atoms with Crippen molar-refractivity contribution in [1.82, 2.24) is 4.98 Å². The number of rotatable bonds is 4. The molecule has 0 amide bonds. The summed E-state index contributed by atoms with van der Waals surface area (Å²) in [6.07, 6.45) is -5.63. The molecule has 0 saturated heterocycles. The molecule has 0 aliphatic carbocycles. The van der Waals surface area contributed by atoms with Gasteiger partial charge in [0.2, 0.25) is 0 Å². The Balaban J connectivity index is 2.40. The van der Waals surface area contributed by atoms with Crippen molar-refractivity contribution in [1.29, 1.82) is 0 Å². The molecule has 0 spiro atoms. The summed E-state index contributed by atoms with van der Waals surface area (Å²) >= 11 is 0. The van der Waals surface area contributed by atoms with Crippen molar-refractivity contribution < 1.29 is 27.0 Å². The Labute approximate surface area is 145 Å². The van der Waals surface area contributed by atoms with Gasteiger partial charge in [-0.15, -0.1) is 0 Å². The highest BCUT2D eigenvalue weighted by molar-refractivity contribution is 5.76. The number of anilines is 2. The van der Waals surface area contributed by atoms with Crippen LogP contribution in [0, 0.1) is 5.82 Å². The zero-order valence-electron chi connectivity index (χ0n) is 13.9. The largest absolute Gasteiger partial charge is 0.402 e. The second-order valence-electron chi connectivity index (χ2n) is 5.92. The van der Waals surface area contributed by atoms with Crippen molar-refractivity contribution in [2.75, 3.05) is 19.5 Å². The van der Waals surface area contributed by atoms with Gasteiger partial charge >= 0.3 is 6.18 Å². The number of aromatic nitrogens is 1. The molecule has 2 aromatic rings. The Kier molecular flexibility index (Phi) is 4.53. The van der Waals surface area contributed by atoms with Crippen LogP contribution in [-0.4, -0.2) is 31.7 Å². The zero-order valence-corrected chi connectivity index (χ0v) is 13.9. The Morgan fingerprint density at radius 3 is 2.46 bits per heavy atom. The maximum atomic E-state index is 14.5. The lowest BCUT2D eigenvalue weighted by Crippen LogP contribution is -2.49. The molecule has 1 unspecified atom stereocenters. The molecule has 1 aromatic heterocycles. The minimum Gasteiger partial charge on any atom is -0.356 e. The fraction of sp³-hybridized carbons (Fsp3) is 0.353. The Hall–Kier alpha value is -2.39. The summed E-state index contributed by atoms with van der Waals surface area (Å²) in [7, 11) is 2.43. The van der Waals surface area contributed by atoms with Crippen LogP contribution in [0.25, 0.3) is 0 Å². The van der Waals surface area contributed by atoms with E-state index >= 15 is 0 Å². The quantitative estimate of drug-likeness (QED) is 0.638. The fourth-order valence-corrected chi connectivity index (χ4v) is 3.37. The van der Waals surface area contributed by atoms with Gasteiger partial charge in [0.1, 0.15) is 16.9 Å². The summed E-state index contributed by atoms with van der Waals surface area (Å²) in [6, 6.07) is 4.18. The molecule has 140 valence electrons. The number of aromatic amines is 1. The third kappa shape index (κ3) is 2.67.